The molecule has 0 aliphatic heterocycles. The van der Waals surface area contributed by atoms with E-state index >= 15 is 0 Å². The number of halogens is 2. The zero-order chi connectivity index (χ0) is 15.4. The van der Waals surface area contributed by atoms with Crippen molar-refractivity contribution in [1.82, 2.24) is 4.57 Å². The van der Waals surface area contributed by atoms with Gasteiger partial charge in [-0.1, -0.05) is 25.4 Å². The van der Waals surface area contributed by atoms with Gasteiger partial charge in [-0.15, -0.1) is 0 Å². The quantitative estimate of drug-likeness (QED) is 0.740. The molecule has 1 aromatic carbocycles. The molecule has 4 heteroatoms. The molecule has 0 fully saturated rings. The minimum absolute atomic E-state index is 0.113. The highest BCUT2D eigenvalue weighted by molar-refractivity contribution is 9.10. The highest BCUT2D eigenvalue weighted by atomic mass is 79.9. The molecule has 0 spiro atoms. The van der Waals surface area contributed by atoms with E-state index in [1.165, 1.54) is 17.0 Å². The summed E-state index contributed by atoms with van der Waals surface area (Å²) in [4.78, 5) is 0. The topological polar surface area (TPSA) is 30.9 Å². The number of nitrogens with two attached hydrogens (primary N) is 1. The van der Waals surface area contributed by atoms with Crippen molar-refractivity contribution in [3.05, 3.63) is 50.7 Å². The van der Waals surface area contributed by atoms with Crippen LogP contribution in [0.4, 0.5) is 0 Å². The van der Waals surface area contributed by atoms with Crippen LogP contribution in [-0.2, 0) is 6.42 Å². The highest BCUT2D eigenvalue weighted by Crippen LogP contribution is 2.42. The van der Waals surface area contributed by atoms with Gasteiger partial charge in [-0.05, 0) is 70.9 Å². The second kappa shape index (κ2) is 5.15. The predicted octanol–water partition coefficient (Wildman–Crippen LogP) is 5.17. The second-order valence-electron chi connectivity index (χ2n) is 6.77. The Kier molecular flexibility index (Phi) is 3.71. The van der Waals surface area contributed by atoms with Gasteiger partial charge in [0.2, 0.25) is 0 Å². The van der Waals surface area contributed by atoms with E-state index in [4.69, 9.17) is 17.3 Å². The van der Waals surface area contributed by atoms with Gasteiger partial charge in [-0.25, -0.2) is 0 Å². The minimum atomic E-state index is 0.113. The minimum Gasteiger partial charge on any atom is -0.324 e. The molecule has 1 unspecified atom stereocenters. The zero-order valence-electron chi connectivity index (χ0n) is 12.6. The second-order valence-corrected chi connectivity index (χ2v) is 8.06. The van der Waals surface area contributed by atoms with Crippen LogP contribution in [0.25, 0.3) is 5.69 Å². The number of aromatic nitrogens is 1. The average molecular weight is 368 g/mol. The maximum atomic E-state index is 6.40. The maximum Gasteiger partial charge on any atom is 0.0612 e. The molecule has 1 aliphatic rings. The highest BCUT2D eigenvalue weighted by Gasteiger charge is 2.33. The Morgan fingerprint density at radius 2 is 2.05 bits per heavy atom. The Labute approximate surface area is 139 Å². The summed E-state index contributed by atoms with van der Waals surface area (Å²) in [6.45, 7) is 6.70. The third-order valence-corrected chi connectivity index (χ3v) is 5.19. The van der Waals surface area contributed by atoms with E-state index in [0.717, 1.165) is 28.0 Å². The summed E-state index contributed by atoms with van der Waals surface area (Å²) in [5.41, 5.74) is 11.5. The van der Waals surface area contributed by atoms with E-state index in [1.807, 2.05) is 18.2 Å². The first-order chi connectivity index (χ1) is 9.78. The lowest BCUT2D eigenvalue weighted by atomic mass is 9.74. The van der Waals surface area contributed by atoms with Crippen LogP contribution >= 0.6 is 27.5 Å². The van der Waals surface area contributed by atoms with Crippen molar-refractivity contribution in [2.24, 2.45) is 11.1 Å². The van der Waals surface area contributed by atoms with Crippen molar-refractivity contribution >= 4 is 27.5 Å². The number of benzene rings is 1. The first-order valence-electron chi connectivity index (χ1n) is 7.21. The molecule has 0 saturated heterocycles. The molecule has 1 aromatic heterocycles. The number of fused-ring (bicyclic) bond motifs is 1. The normalized spacial score (nSPS) is 20.4. The van der Waals surface area contributed by atoms with Crippen molar-refractivity contribution < 1.29 is 0 Å². The van der Waals surface area contributed by atoms with E-state index in [-0.39, 0.29) is 11.5 Å². The van der Waals surface area contributed by atoms with Gasteiger partial charge in [0.1, 0.15) is 0 Å². The van der Waals surface area contributed by atoms with Crippen LogP contribution in [0.15, 0.2) is 28.7 Å². The van der Waals surface area contributed by atoms with Gasteiger partial charge in [0.05, 0.1) is 5.69 Å². The lowest BCUT2D eigenvalue weighted by Crippen LogP contribution is -2.30. The molecular weight excluding hydrogens is 348 g/mol. The third kappa shape index (κ3) is 2.67. The van der Waals surface area contributed by atoms with Crippen molar-refractivity contribution in [1.29, 1.82) is 0 Å². The van der Waals surface area contributed by atoms with Crippen LogP contribution in [0, 0.1) is 12.3 Å². The van der Waals surface area contributed by atoms with Crippen LogP contribution in [0.2, 0.25) is 5.02 Å². The van der Waals surface area contributed by atoms with Gasteiger partial charge in [-0.2, -0.15) is 0 Å². The number of hydrogen-bond donors (Lipinski definition) is 1. The Morgan fingerprint density at radius 1 is 1.33 bits per heavy atom. The zero-order valence-corrected chi connectivity index (χ0v) is 14.9. The van der Waals surface area contributed by atoms with Gasteiger partial charge in [0.15, 0.2) is 0 Å². The van der Waals surface area contributed by atoms with Crippen LogP contribution in [0.5, 0.6) is 0 Å². The number of nitrogens with zero attached hydrogens (tertiary/aromatic N) is 1. The maximum absolute atomic E-state index is 6.40. The number of rotatable bonds is 1. The summed E-state index contributed by atoms with van der Waals surface area (Å²) in [5.74, 6) is 0. The third-order valence-electron chi connectivity index (χ3n) is 4.29. The van der Waals surface area contributed by atoms with Crippen LogP contribution < -0.4 is 5.73 Å². The van der Waals surface area contributed by atoms with E-state index in [2.05, 4.69) is 47.3 Å². The standard InChI is InChI=1S/C17H20BrClN2/c1-10-6-12-14(20)8-17(2,3)9-16(12)21(10)15-7-11(19)4-5-13(15)18/h4-7,14H,8-9,20H2,1-3H3. The SMILES string of the molecule is Cc1cc2c(n1-c1cc(Cl)ccc1Br)CC(C)(C)CC2N. The van der Waals surface area contributed by atoms with E-state index in [9.17, 15) is 0 Å². The lowest BCUT2D eigenvalue weighted by molar-refractivity contribution is 0.278. The Balaban J connectivity index is 2.23. The summed E-state index contributed by atoms with van der Waals surface area (Å²) in [6.07, 6.45) is 2.06. The largest absolute Gasteiger partial charge is 0.324 e. The lowest BCUT2D eigenvalue weighted by Gasteiger charge is -2.34. The molecule has 1 aliphatic carbocycles. The predicted molar refractivity (Wildman–Crippen MR) is 92.2 cm³/mol. The Morgan fingerprint density at radius 3 is 2.76 bits per heavy atom. The van der Waals surface area contributed by atoms with Crippen molar-refractivity contribution in [2.75, 3.05) is 0 Å². The average Bonchev–Trinajstić information content (AvgIpc) is 2.68. The molecular formula is C17H20BrClN2. The molecule has 1 atom stereocenters. The molecule has 1 heterocycles. The molecule has 3 rings (SSSR count). The van der Waals surface area contributed by atoms with Crippen LogP contribution in [0.1, 0.15) is 43.3 Å². The van der Waals surface area contributed by atoms with Gasteiger partial charge < -0.3 is 10.3 Å². The first kappa shape index (κ1) is 15.1. The fourth-order valence-corrected chi connectivity index (χ4v) is 4.03. The summed E-state index contributed by atoms with van der Waals surface area (Å²) in [7, 11) is 0. The molecule has 0 saturated carbocycles. The summed E-state index contributed by atoms with van der Waals surface area (Å²) >= 11 is 9.84. The van der Waals surface area contributed by atoms with Gasteiger partial charge >= 0.3 is 0 Å². The number of aryl methyl sites for hydroxylation is 1. The van der Waals surface area contributed by atoms with Gasteiger partial charge in [0.25, 0.3) is 0 Å². The van der Waals surface area contributed by atoms with Crippen molar-refractivity contribution in [3.63, 3.8) is 0 Å². The summed E-state index contributed by atoms with van der Waals surface area (Å²) in [6, 6.07) is 8.24. The van der Waals surface area contributed by atoms with Crippen molar-refractivity contribution in [2.45, 2.75) is 39.7 Å². The van der Waals surface area contributed by atoms with E-state index in [1.54, 1.807) is 0 Å². The summed E-state index contributed by atoms with van der Waals surface area (Å²) in [5, 5.41) is 0.745. The Hall–Kier alpha value is -0.770. The fourth-order valence-electron chi connectivity index (χ4n) is 3.44. The summed E-state index contributed by atoms with van der Waals surface area (Å²) < 4.78 is 3.34. The molecule has 21 heavy (non-hydrogen) atoms. The molecule has 0 radical (unpaired) electrons. The van der Waals surface area contributed by atoms with Gasteiger partial charge in [-0.3, -0.25) is 0 Å². The van der Waals surface area contributed by atoms with E-state index in [0.29, 0.717) is 0 Å². The smallest absolute Gasteiger partial charge is 0.0612 e. The molecule has 2 N–H and O–H groups in total. The molecule has 0 amide bonds. The monoisotopic (exact) mass is 366 g/mol. The van der Waals surface area contributed by atoms with Crippen LogP contribution in [0.3, 0.4) is 0 Å². The molecule has 2 aromatic rings. The first-order valence-corrected chi connectivity index (χ1v) is 8.38. The molecule has 0 bridgehead atoms. The molecule has 2 nitrogen and oxygen atoms in total. The molecule has 112 valence electrons. The fraction of sp³-hybridized carbons (Fsp3) is 0.412. The van der Waals surface area contributed by atoms with Crippen molar-refractivity contribution in [3.8, 4) is 5.69 Å². The number of hydrogen-bond acceptors (Lipinski definition) is 1. The Bertz CT molecular complexity index is 703. The van der Waals surface area contributed by atoms with E-state index < -0.39 is 0 Å². The van der Waals surface area contributed by atoms with Crippen LogP contribution in [-0.4, -0.2) is 4.57 Å². The van der Waals surface area contributed by atoms with Gasteiger partial charge in [0, 0.05) is 26.9 Å².